The van der Waals surface area contributed by atoms with Crippen molar-refractivity contribution in [2.75, 3.05) is 6.61 Å². The zero-order valence-corrected chi connectivity index (χ0v) is 14.2. The number of aryl methyl sites for hydroxylation is 2. The second-order valence-electron chi connectivity index (χ2n) is 5.64. The van der Waals surface area contributed by atoms with Gasteiger partial charge in [-0.25, -0.2) is 4.79 Å². The van der Waals surface area contributed by atoms with E-state index in [1.807, 2.05) is 38.1 Å². The van der Waals surface area contributed by atoms with Gasteiger partial charge in [0.15, 0.2) is 0 Å². The Kier molecular flexibility index (Phi) is 6.13. The van der Waals surface area contributed by atoms with E-state index in [9.17, 15) is 9.59 Å². The lowest BCUT2D eigenvalue weighted by Crippen LogP contribution is -2.23. The normalized spacial score (nSPS) is 11.6. The Morgan fingerprint density at radius 1 is 1.04 bits per heavy atom. The maximum Gasteiger partial charge on any atom is 0.352 e. The maximum atomic E-state index is 12.3. The summed E-state index contributed by atoms with van der Waals surface area (Å²) in [5.41, 5.74) is 3.66. The van der Waals surface area contributed by atoms with E-state index in [1.54, 1.807) is 31.2 Å². The molecular formula is C20H22O4. The number of carbonyl (C=O) groups is 2. The van der Waals surface area contributed by atoms with E-state index in [4.69, 9.17) is 9.47 Å². The van der Waals surface area contributed by atoms with Gasteiger partial charge in [-0.05, 0) is 31.9 Å². The molecule has 1 unspecified atom stereocenters. The molecular weight excluding hydrogens is 304 g/mol. The van der Waals surface area contributed by atoms with Crippen LogP contribution in [-0.2, 0) is 25.5 Å². The average molecular weight is 326 g/mol. The Hall–Kier alpha value is -2.62. The van der Waals surface area contributed by atoms with Crippen LogP contribution in [0, 0.1) is 13.8 Å². The average Bonchev–Trinajstić information content (AvgIpc) is 2.56. The molecule has 24 heavy (non-hydrogen) atoms. The van der Waals surface area contributed by atoms with Crippen LogP contribution in [0.3, 0.4) is 0 Å². The third kappa shape index (κ3) is 4.69. The van der Waals surface area contributed by atoms with Crippen molar-refractivity contribution in [3.63, 3.8) is 0 Å². The number of carbonyl (C=O) groups excluding carboxylic acids is 2. The van der Waals surface area contributed by atoms with Crippen molar-refractivity contribution in [2.24, 2.45) is 0 Å². The van der Waals surface area contributed by atoms with Crippen molar-refractivity contribution < 1.29 is 19.1 Å². The molecule has 0 radical (unpaired) electrons. The summed E-state index contributed by atoms with van der Waals surface area (Å²) in [6, 6.07) is 14.8. The van der Waals surface area contributed by atoms with Crippen molar-refractivity contribution >= 4 is 11.9 Å². The lowest BCUT2D eigenvalue weighted by atomic mass is 10.0. The summed E-state index contributed by atoms with van der Waals surface area (Å²) in [5, 5.41) is 0. The van der Waals surface area contributed by atoms with E-state index >= 15 is 0 Å². The quantitative estimate of drug-likeness (QED) is 0.760. The zero-order valence-electron chi connectivity index (χ0n) is 14.2. The van der Waals surface area contributed by atoms with Crippen LogP contribution >= 0.6 is 0 Å². The molecule has 0 N–H and O–H groups in total. The van der Waals surface area contributed by atoms with Crippen LogP contribution in [0.5, 0.6) is 0 Å². The van der Waals surface area contributed by atoms with E-state index in [0.29, 0.717) is 5.56 Å². The summed E-state index contributed by atoms with van der Waals surface area (Å²) in [4.78, 5) is 24.5. The predicted octanol–water partition coefficient (Wildman–Crippen LogP) is 3.69. The fourth-order valence-corrected chi connectivity index (χ4v) is 2.47. The maximum absolute atomic E-state index is 12.3. The van der Waals surface area contributed by atoms with E-state index < -0.39 is 18.0 Å². The Bertz CT molecular complexity index is 707. The van der Waals surface area contributed by atoms with Crippen LogP contribution in [0.15, 0.2) is 48.5 Å². The molecule has 0 aliphatic heterocycles. The van der Waals surface area contributed by atoms with Crippen molar-refractivity contribution in [3.8, 4) is 0 Å². The van der Waals surface area contributed by atoms with Crippen LogP contribution in [-0.4, -0.2) is 18.5 Å². The number of rotatable bonds is 6. The van der Waals surface area contributed by atoms with Gasteiger partial charge in [-0.1, -0.05) is 54.1 Å². The van der Waals surface area contributed by atoms with Crippen molar-refractivity contribution in [2.45, 2.75) is 33.3 Å². The van der Waals surface area contributed by atoms with Gasteiger partial charge < -0.3 is 9.47 Å². The van der Waals surface area contributed by atoms with Crippen molar-refractivity contribution in [3.05, 3.63) is 70.8 Å². The highest BCUT2D eigenvalue weighted by molar-refractivity contribution is 5.81. The Morgan fingerprint density at radius 2 is 1.75 bits per heavy atom. The Morgan fingerprint density at radius 3 is 2.38 bits per heavy atom. The molecule has 4 nitrogen and oxygen atoms in total. The molecule has 0 bridgehead atoms. The summed E-state index contributed by atoms with van der Waals surface area (Å²) in [7, 11) is 0. The molecule has 0 spiro atoms. The number of ether oxygens (including phenoxy) is 2. The molecule has 0 fully saturated rings. The topological polar surface area (TPSA) is 52.6 Å². The van der Waals surface area contributed by atoms with Crippen LogP contribution < -0.4 is 0 Å². The SMILES string of the molecule is CCOC(=O)C(OC(=O)Cc1ccc(C)cc1C)c1ccccc1. The van der Waals surface area contributed by atoms with Gasteiger partial charge in [0.2, 0.25) is 6.10 Å². The molecule has 0 aliphatic rings. The molecule has 2 aromatic rings. The standard InChI is InChI=1S/C20H22O4/c1-4-23-20(22)19(16-8-6-5-7-9-16)24-18(21)13-17-11-10-14(2)12-15(17)3/h5-12,19H,4,13H2,1-3H3. The van der Waals surface area contributed by atoms with Crippen LogP contribution in [0.25, 0.3) is 0 Å². The van der Waals surface area contributed by atoms with Gasteiger partial charge in [0.05, 0.1) is 13.0 Å². The van der Waals surface area contributed by atoms with E-state index in [2.05, 4.69) is 0 Å². The molecule has 2 aromatic carbocycles. The highest BCUT2D eigenvalue weighted by Crippen LogP contribution is 2.21. The first-order valence-corrected chi connectivity index (χ1v) is 7.98. The van der Waals surface area contributed by atoms with Crippen LogP contribution in [0.4, 0.5) is 0 Å². The highest BCUT2D eigenvalue weighted by Gasteiger charge is 2.26. The number of hydrogen-bond acceptors (Lipinski definition) is 4. The number of benzene rings is 2. The van der Waals surface area contributed by atoms with E-state index in [0.717, 1.165) is 16.7 Å². The molecule has 0 amide bonds. The molecule has 4 heteroatoms. The first-order chi connectivity index (χ1) is 11.5. The first kappa shape index (κ1) is 17.7. The van der Waals surface area contributed by atoms with Gasteiger partial charge in [-0.3, -0.25) is 4.79 Å². The molecule has 0 saturated carbocycles. The van der Waals surface area contributed by atoms with E-state index in [1.165, 1.54) is 0 Å². The van der Waals surface area contributed by atoms with Crippen molar-refractivity contribution in [1.29, 1.82) is 0 Å². The fourth-order valence-electron chi connectivity index (χ4n) is 2.47. The monoisotopic (exact) mass is 326 g/mol. The smallest absolute Gasteiger partial charge is 0.352 e. The summed E-state index contributed by atoms with van der Waals surface area (Å²) < 4.78 is 10.5. The second kappa shape index (κ2) is 8.29. The van der Waals surface area contributed by atoms with Crippen molar-refractivity contribution in [1.82, 2.24) is 0 Å². The van der Waals surface area contributed by atoms with E-state index in [-0.39, 0.29) is 13.0 Å². The first-order valence-electron chi connectivity index (χ1n) is 7.98. The highest BCUT2D eigenvalue weighted by atomic mass is 16.6. The summed E-state index contributed by atoms with van der Waals surface area (Å²) in [6.45, 7) is 5.91. The third-order valence-corrected chi connectivity index (χ3v) is 3.69. The summed E-state index contributed by atoms with van der Waals surface area (Å²) in [6.07, 6.45) is -0.918. The number of hydrogen-bond donors (Lipinski definition) is 0. The second-order valence-corrected chi connectivity index (χ2v) is 5.64. The molecule has 126 valence electrons. The fraction of sp³-hybridized carbons (Fsp3) is 0.300. The Labute approximate surface area is 142 Å². The van der Waals surface area contributed by atoms with Gasteiger partial charge in [-0.15, -0.1) is 0 Å². The van der Waals surface area contributed by atoms with Crippen LogP contribution in [0.1, 0.15) is 35.3 Å². The molecule has 0 heterocycles. The van der Waals surface area contributed by atoms with Gasteiger partial charge >= 0.3 is 11.9 Å². The summed E-state index contributed by atoms with van der Waals surface area (Å²) in [5.74, 6) is -1.01. The minimum atomic E-state index is -1.04. The minimum Gasteiger partial charge on any atom is -0.463 e. The minimum absolute atomic E-state index is 0.120. The summed E-state index contributed by atoms with van der Waals surface area (Å²) >= 11 is 0. The van der Waals surface area contributed by atoms with Gasteiger partial charge in [-0.2, -0.15) is 0 Å². The van der Waals surface area contributed by atoms with Gasteiger partial charge in [0.1, 0.15) is 0 Å². The van der Waals surface area contributed by atoms with Crippen LogP contribution in [0.2, 0.25) is 0 Å². The molecule has 2 rings (SSSR count). The Balaban J connectivity index is 2.13. The zero-order chi connectivity index (χ0) is 17.5. The largest absolute Gasteiger partial charge is 0.463 e. The number of esters is 2. The lowest BCUT2D eigenvalue weighted by molar-refractivity contribution is -0.167. The lowest BCUT2D eigenvalue weighted by Gasteiger charge is -2.17. The van der Waals surface area contributed by atoms with Gasteiger partial charge in [0, 0.05) is 5.56 Å². The molecule has 1 atom stereocenters. The molecule has 0 aliphatic carbocycles. The molecule has 0 saturated heterocycles. The predicted molar refractivity (Wildman–Crippen MR) is 91.5 cm³/mol. The molecule has 0 aromatic heterocycles. The van der Waals surface area contributed by atoms with Gasteiger partial charge in [0.25, 0.3) is 0 Å². The third-order valence-electron chi connectivity index (χ3n) is 3.69.